The van der Waals surface area contributed by atoms with Crippen LogP contribution in [0.2, 0.25) is 0 Å². The van der Waals surface area contributed by atoms with Crippen LogP contribution >= 0.6 is 15.9 Å². The van der Waals surface area contributed by atoms with Gasteiger partial charge in [-0.25, -0.2) is 10.4 Å². The van der Waals surface area contributed by atoms with Crippen LogP contribution in [-0.2, 0) is 11.3 Å². The molecule has 7 heteroatoms. The number of fused-ring (bicyclic) bond motifs is 1. The summed E-state index contributed by atoms with van der Waals surface area (Å²) in [5, 5.41) is 4.39. The van der Waals surface area contributed by atoms with Gasteiger partial charge in [0.2, 0.25) is 0 Å². The van der Waals surface area contributed by atoms with Gasteiger partial charge in [0.1, 0.15) is 6.54 Å². The van der Waals surface area contributed by atoms with E-state index in [0.29, 0.717) is 10.9 Å². The van der Waals surface area contributed by atoms with Crippen LogP contribution in [0.3, 0.4) is 0 Å². The number of halogens is 1. The van der Waals surface area contributed by atoms with Gasteiger partial charge in [-0.3, -0.25) is 14.2 Å². The quantitative estimate of drug-likeness (QED) is 0.541. The first kappa shape index (κ1) is 17.0. The Kier molecular flexibility index (Phi) is 5.04. The fourth-order valence-electron chi connectivity index (χ4n) is 2.30. The largest absolute Gasteiger partial charge is 0.289 e. The van der Waals surface area contributed by atoms with E-state index in [9.17, 15) is 9.59 Å². The van der Waals surface area contributed by atoms with Gasteiger partial charge in [0, 0.05) is 4.47 Å². The van der Waals surface area contributed by atoms with Crippen LogP contribution in [0.4, 0.5) is 0 Å². The minimum Gasteiger partial charge on any atom is -0.289 e. The molecular formula is C18H15BrN4O2. The summed E-state index contributed by atoms with van der Waals surface area (Å²) in [6.07, 6.45) is 2.91. The van der Waals surface area contributed by atoms with E-state index in [-0.39, 0.29) is 12.1 Å². The van der Waals surface area contributed by atoms with Crippen LogP contribution in [0, 0.1) is 6.92 Å². The third-order valence-corrected chi connectivity index (χ3v) is 4.10. The lowest BCUT2D eigenvalue weighted by Crippen LogP contribution is -2.30. The lowest BCUT2D eigenvalue weighted by Gasteiger charge is -2.06. The van der Waals surface area contributed by atoms with Crippen LogP contribution in [0.25, 0.3) is 10.9 Å². The second kappa shape index (κ2) is 7.40. The Morgan fingerprint density at radius 1 is 1.28 bits per heavy atom. The Bertz CT molecular complexity index is 1010. The Balaban J connectivity index is 1.70. The molecule has 0 aliphatic rings. The molecule has 0 aliphatic heterocycles. The number of benzene rings is 2. The lowest BCUT2D eigenvalue weighted by atomic mass is 10.2. The van der Waals surface area contributed by atoms with Gasteiger partial charge in [-0.2, -0.15) is 5.10 Å². The third-order valence-electron chi connectivity index (χ3n) is 3.57. The molecular weight excluding hydrogens is 384 g/mol. The molecule has 126 valence electrons. The first-order valence-electron chi connectivity index (χ1n) is 7.56. The molecule has 1 amide bonds. The predicted octanol–water partition coefficient (Wildman–Crippen LogP) is 2.62. The predicted molar refractivity (Wildman–Crippen MR) is 101 cm³/mol. The molecule has 3 aromatic rings. The first-order valence-corrected chi connectivity index (χ1v) is 8.35. The van der Waals surface area contributed by atoms with Crippen molar-refractivity contribution in [1.82, 2.24) is 15.0 Å². The summed E-state index contributed by atoms with van der Waals surface area (Å²) in [6, 6.07) is 12.9. The molecule has 0 atom stereocenters. The van der Waals surface area contributed by atoms with Crippen molar-refractivity contribution < 1.29 is 4.79 Å². The summed E-state index contributed by atoms with van der Waals surface area (Å²) in [7, 11) is 0. The number of amides is 1. The van der Waals surface area contributed by atoms with E-state index in [4.69, 9.17) is 0 Å². The third kappa shape index (κ3) is 4.19. The van der Waals surface area contributed by atoms with E-state index in [1.807, 2.05) is 37.3 Å². The van der Waals surface area contributed by atoms with E-state index >= 15 is 0 Å². The molecule has 2 aromatic carbocycles. The normalized spacial score (nSPS) is 11.1. The highest BCUT2D eigenvalue weighted by Crippen LogP contribution is 2.09. The summed E-state index contributed by atoms with van der Waals surface area (Å²) >= 11 is 3.35. The summed E-state index contributed by atoms with van der Waals surface area (Å²) in [5.74, 6) is -0.399. The molecule has 1 heterocycles. The standard InChI is InChI=1S/C18H15BrN4O2/c1-12-2-7-16-15(8-12)18(25)23(11-20-16)10-17(24)22-21-9-13-3-5-14(19)6-4-13/h2-9,11H,10H2,1H3,(H,22,24)/b21-9+. The smallest absolute Gasteiger partial charge is 0.261 e. The minimum atomic E-state index is -0.399. The Morgan fingerprint density at radius 2 is 2.04 bits per heavy atom. The number of carbonyl (C=O) groups excluding carboxylic acids is 1. The van der Waals surface area contributed by atoms with Crippen molar-refractivity contribution in [3.05, 3.63) is 74.7 Å². The number of rotatable bonds is 4. The van der Waals surface area contributed by atoms with Crippen molar-refractivity contribution in [2.75, 3.05) is 0 Å². The van der Waals surface area contributed by atoms with Crippen LogP contribution in [0.5, 0.6) is 0 Å². The van der Waals surface area contributed by atoms with E-state index in [0.717, 1.165) is 15.6 Å². The van der Waals surface area contributed by atoms with Crippen molar-refractivity contribution in [2.24, 2.45) is 5.10 Å². The zero-order valence-electron chi connectivity index (χ0n) is 13.4. The number of nitrogens with zero attached hydrogens (tertiary/aromatic N) is 3. The summed E-state index contributed by atoms with van der Waals surface area (Å²) in [6.45, 7) is 1.76. The second-order valence-corrected chi connectivity index (χ2v) is 6.46. The molecule has 0 bridgehead atoms. The summed E-state index contributed by atoms with van der Waals surface area (Å²) < 4.78 is 2.24. The lowest BCUT2D eigenvalue weighted by molar-refractivity contribution is -0.121. The van der Waals surface area contributed by atoms with Crippen molar-refractivity contribution in [1.29, 1.82) is 0 Å². The van der Waals surface area contributed by atoms with Crippen molar-refractivity contribution >= 4 is 39.0 Å². The molecule has 6 nitrogen and oxygen atoms in total. The molecule has 1 N–H and O–H groups in total. The SMILES string of the molecule is Cc1ccc2ncn(CC(=O)N/N=C/c3ccc(Br)cc3)c(=O)c2c1. The van der Waals surface area contributed by atoms with Gasteiger partial charge in [0.15, 0.2) is 0 Å². The van der Waals surface area contributed by atoms with Gasteiger partial charge in [-0.1, -0.05) is 39.7 Å². The monoisotopic (exact) mass is 398 g/mol. The zero-order valence-corrected chi connectivity index (χ0v) is 15.0. The number of aromatic nitrogens is 2. The highest BCUT2D eigenvalue weighted by molar-refractivity contribution is 9.10. The van der Waals surface area contributed by atoms with Gasteiger partial charge in [0.25, 0.3) is 11.5 Å². The molecule has 0 aliphatic carbocycles. The van der Waals surface area contributed by atoms with Crippen LogP contribution in [0.1, 0.15) is 11.1 Å². The molecule has 0 saturated carbocycles. The minimum absolute atomic E-state index is 0.145. The number of nitrogens with one attached hydrogen (secondary N) is 1. The number of aryl methyl sites for hydroxylation is 1. The Morgan fingerprint density at radius 3 is 2.80 bits per heavy atom. The first-order chi connectivity index (χ1) is 12.0. The van der Waals surface area contributed by atoms with Crippen molar-refractivity contribution in [3.8, 4) is 0 Å². The van der Waals surface area contributed by atoms with Crippen LogP contribution in [0.15, 0.2) is 63.2 Å². The van der Waals surface area contributed by atoms with E-state index < -0.39 is 5.91 Å². The zero-order chi connectivity index (χ0) is 17.8. The fraction of sp³-hybridized carbons (Fsp3) is 0.111. The van der Waals surface area contributed by atoms with E-state index in [1.54, 1.807) is 12.1 Å². The maximum Gasteiger partial charge on any atom is 0.261 e. The molecule has 1 aromatic heterocycles. The van der Waals surface area contributed by atoms with E-state index in [1.165, 1.54) is 17.1 Å². The number of hydrogen-bond acceptors (Lipinski definition) is 4. The maximum absolute atomic E-state index is 12.4. The van der Waals surface area contributed by atoms with E-state index in [2.05, 4.69) is 31.4 Å². The Labute approximate surface area is 152 Å². The topological polar surface area (TPSA) is 76.3 Å². The molecule has 0 spiro atoms. The van der Waals surface area contributed by atoms with Crippen molar-refractivity contribution in [3.63, 3.8) is 0 Å². The average Bonchev–Trinajstić information content (AvgIpc) is 2.60. The summed E-state index contributed by atoms with van der Waals surface area (Å²) in [4.78, 5) is 28.6. The number of hydrazone groups is 1. The molecule has 0 saturated heterocycles. The van der Waals surface area contributed by atoms with Gasteiger partial charge in [-0.05, 0) is 36.8 Å². The molecule has 25 heavy (non-hydrogen) atoms. The van der Waals surface area contributed by atoms with Gasteiger partial charge >= 0.3 is 0 Å². The summed E-state index contributed by atoms with van der Waals surface area (Å²) in [5.41, 5.74) is 4.59. The maximum atomic E-state index is 12.4. The number of hydrogen-bond donors (Lipinski definition) is 1. The Hall–Kier alpha value is -2.80. The highest BCUT2D eigenvalue weighted by atomic mass is 79.9. The van der Waals surface area contributed by atoms with Crippen LogP contribution in [-0.4, -0.2) is 21.7 Å². The fourth-order valence-corrected chi connectivity index (χ4v) is 2.57. The average molecular weight is 399 g/mol. The number of carbonyl (C=O) groups is 1. The highest BCUT2D eigenvalue weighted by Gasteiger charge is 2.07. The van der Waals surface area contributed by atoms with Gasteiger partial charge < -0.3 is 0 Å². The molecule has 3 rings (SSSR count). The molecule has 0 fully saturated rings. The van der Waals surface area contributed by atoms with Gasteiger partial charge in [0.05, 0.1) is 23.4 Å². The second-order valence-electron chi connectivity index (χ2n) is 5.54. The van der Waals surface area contributed by atoms with Gasteiger partial charge in [-0.15, -0.1) is 0 Å². The van der Waals surface area contributed by atoms with Crippen molar-refractivity contribution in [2.45, 2.75) is 13.5 Å². The molecule has 0 radical (unpaired) electrons. The van der Waals surface area contributed by atoms with Crippen LogP contribution < -0.4 is 11.0 Å². The molecule has 0 unspecified atom stereocenters.